The lowest BCUT2D eigenvalue weighted by Crippen LogP contribution is -2.20. The Morgan fingerprint density at radius 1 is 1.38 bits per heavy atom. The molecule has 0 saturated carbocycles. The van der Waals surface area contributed by atoms with Crippen LogP contribution in [0.1, 0.15) is 17.5 Å². The van der Waals surface area contributed by atoms with Crippen molar-refractivity contribution in [2.24, 2.45) is 0 Å². The van der Waals surface area contributed by atoms with Gasteiger partial charge in [-0.3, -0.25) is 0 Å². The molecule has 0 aromatic heterocycles. The lowest BCUT2D eigenvalue weighted by Gasteiger charge is -2.23. The fourth-order valence-corrected chi connectivity index (χ4v) is 2.30. The molecule has 1 unspecified atom stereocenters. The second kappa shape index (κ2) is 3.81. The van der Waals surface area contributed by atoms with E-state index in [-0.39, 0.29) is 0 Å². The van der Waals surface area contributed by atoms with Crippen molar-refractivity contribution in [3.63, 3.8) is 0 Å². The largest absolute Gasteiger partial charge is 0.381 e. The van der Waals surface area contributed by atoms with E-state index in [1.807, 2.05) is 0 Å². The summed E-state index contributed by atoms with van der Waals surface area (Å²) in [6, 6.07) is 6.53. The Morgan fingerprint density at radius 3 is 3.00 bits per heavy atom. The molecule has 1 aliphatic rings. The molecule has 0 aliphatic heterocycles. The zero-order valence-electron chi connectivity index (χ0n) is 7.72. The van der Waals surface area contributed by atoms with Crippen LogP contribution in [0.15, 0.2) is 22.7 Å². The van der Waals surface area contributed by atoms with Crippen LogP contribution in [0.4, 0.5) is 0 Å². The van der Waals surface area contributed by atoms with Gasteiger partial charge >= 0.3 is 0 Å². The number of rotatable bonds is 1. The second-order valence-corrected chi connectivity index (χ2v) is 4.43. The summed E-state index contributed by atoms with van der Waals surface area (Å²) in [5.41, 5.74) is 2.92. The van der Waals surface area contributed by atoms with Gasteiger partial charge in [-0.15, -0.1) is 0 Å². The van der Waals surface area contributed by atoms with Crippen molar-refractivity contribution in [3.05, 3.63) is 33.8 Å². The number of hydrogen-bond acceptors (Lipinski definition) is 1. The van der Waals surface area contributed by atoms with Crippen LogP contribution < -0.4 is 0 Å². The van der Waals surface area contributed by atoms with Gasteiger partial charge in [-0.05, 0) is 42.5 Å². The Bertz CT molecular complexity index is 309. The van der Waals surface area contributed by atoms with Gasteiger partial charge < -0.3 is 4.74 Å². The molecule has 1 nitrogen and oxygen atoms in total. The van der Waals surface area contributed by atoms with Crippen molar-refractivity contribution < 1.29 is 4.74 Å². The summed E-state index contributed by atoms with van der Waals surface area (Å²) in [7, 11) is 1.80. The smallest absolute Gasteiger partial charge is 0.0614 e. The summed E-state index contributed by atoms with van der Waals surface area (Å²) in [5, 5.41) is 0. The first kappa shape index (κ1) is 9.22. The van der Waals surface area contributed by atoms with Crippen molar-refractivity contribution in [2.75, 3.05) is 7.11 Å². The average molecular weight is 241 g/mol. The molecular formula is C11H13BrO. The molecule has 1 aromatic rings. The van der Waals surface area contributed by atoms with Crippen LogP contribution in [0.25, 0.3) is 0 Å². The third kappa shape index (κ3) is 1.94. The molecule has 70 valence electrons. The number of halogens is 1. The van der Waals surface area contributed by atoms with E-state index in [0.29, 0.717) is 6.10 Å². The van der Waals surface area contributed by atoms with Crippen LogP contribution in [0.2, 0.25) is 0 Å². The third-order valence-electron chi connectivity index (χ3n) is 2.68. The van der Waals surface area contributed by atoms with Crippen molar-refractivity contribution in [3.8, 4) is 0 Å². The van der Waals surface area contributed by atoms with Gasteiger partial charge in [-0.1, -0.05) is 22.0 Å². The van der Waals surface area contributed by atoms with Crippen LogP contribution in [-0.4, -0.2) is 13.2 Å². The fourth-order valence-electron chi connectivity index (χ4n) is 1.89. The fraction of sp³-hybridized carbons (Fsp3) is 0.455. The van der Waals surface area contributed by atoms with Gasteiger partial charge in [-0.25, -0.2) is 0 Å². The maximum absolute atomic E-state index is 5.37. The minimum absolute atomic E-state index is 0.425. The number of methoxy groups -OCH3 is 1. The zero-order chi connectivity index (χ0) is 9.26. The first-order valence-corrected chi connectivity index (χ1v) is 5.39. The van der Waals surface area contributed by atoms with E-state index in [4.69, 9.17) is 4.74 Å². The Labute approximate surface area is 87.2 Å². The van der Waals surface area contributed by atoms with E-state index in [0.717, 1.165) is 19.3 Å². The molecular weight excluding hydrogens is 228 g/mol. The molecule has 0 spiro atoms. The first-order chi connectivity index (χ1) is 6.29. The molecule has 1 atom stereocenters. The zero-order valence-corrected chi connectivity index (χ0v) is 9.30. The van der Waals surface area contributed by atoms with E-state index in [1.54, 1.807) is 7.11 Å². The lowest BCUT2D eigenvalue weighted by molar-refractivity contribution is 0.0911. The highest BCUT2D eigenvalue weighted by molar-refractivity contribution is 9.10. The molecule has 0 N–H and O–H groups in total. The van der Waals surface area contributed by atoms with Gasteiger partial charge in [0.15, 0.2) is 0 Å². The molecule has 1 aromatic carbocycles. The van der Waals surface area contributed by atoms with Crippen molar-refractivity contribution in [2.45, 2.75) is 25.4 Å². The summed E-state index contributed by atoms with van der Waals surface area (Å²) in [6.07, 6.45) is 3.79. The molecule has 0 saturated heterocycles. The van der Waals surface area contributed by atoms with Crippen LogP contribution >= 0.6 is 15.9 Å². The average Bonchev–Trinajstić information content (AvgIpc) is 2.17. The van der Waals surface area contributed by atoms with Crippen molar-refractivity contribution >= 4 is 15.9 Å². The molecule has 0 heterocycles. The third-order valence-corrected chi connectivity index (χ3v) is 3.18. The SMILES string of the molecule is COC1CCc2cc(Br)ccc2C1. The van der Waals surface area contributed by atoms with Crippen LogP contribution in [-0.2, 0) is 17.6 Å². The summed E-state index contributed by atoms with van der Waals surface area (Å²) in [4.78, 5) is 0. The second-order valence-electron chi connectivity index (χ2n) is 3.51. The summed E-state index contributed by atoms with van der Waals surface area (Å²) in [6.45, 7) is 0. The van der Waals surface area contributed by atoms with Gasteiger partial charge in [0.05, 0.1) is 6.10 Å². The maximum Gasteiger partial charge on any atom is 0.0614 e. The van der Waals surface area contributed by atoms with Crippen LogP contribution in [0.5, 0.6) is 0 Å². The highest BCUT2D eigenvalue weighted by Gasteiger charge is 2.17. The Kier molecular flexibility index (Phi) is 2.70. The number of ether oxygens (including phenoxy) is 1. The molecule has 0 bridgehead atoms. The maximum atomic E-state index is 5.37. The van der Waals surface area contributed by atoms with E-state index in [1.165, 1.54) is 15.6 Å². The monoisotopic (exact) mass is 240 g/mol. The number of fused-ring (bicyclic) bond motifs is 1. The highest BCUT2D eigenvalue weighted by Crippen LogP contribution is 2.25. The standard InChI is InChI=1S/C11H13BrO/c1-13-11-5-3-8-6-10(12)4-2-9(8)7-11/h2,4,6,11H,3,5,7H2,1H3. The molecule has 13 heavy (non-hydrogen) atoms. The van der Waals surface area contributed by atoms with E-state index in [9.17, 15) is 0 Å². The van der Waals surface area contributed by atoms with Crippen molar-refractivity contribution in [1.29, 1.82) is 0 Å². The van der Waals surface area contributed by atoms with Gasteiger partial charge in [0.1, 0.15) is 0 Å². The number of aryl methyl sites for hydroxylation is 1. The van der Waals surface area contributed by atoms with E-state index < -0.39 is 0 Å². The quantitative estimate of drug-likeness (QED) is 0.734. The molecule has 0 fully saturated rings. The van der Waals surface area contributed by atoms with Crippen LogP contribution in [0, 0.1) is 0 Å². The first-order valence-electron chi connectivity index (χ1n) is 4.59. The molecule has 2 rings (SSSR count). The van der Waals surface area contributed by atoms with Gasteiger partial charge in [0, 0.05) is 11.6 Å². The van der Waals surface area contributed by atoms with Crippen molar-refractivity contribution in [1.82, 2.24) is 0 Å². The molecule has 1 aliphatic carbocycles. The predicted octanol–water partition coefficient (Wildman–Crippen LogP) is 2.95. The highest BCUT2D eigenvalue weighted by atomic mass is 79.9. The summed E-state index contributed by atoms with van der Waals surface area (Å²) >= 11 is 3.49. The Morgan fingerprint density at radius 2 is 2.23 bits per heavy atom. The predicted molar refractivity (Wildman–Crippen MR) is 57.0 cm³/mol. The summed E-state index contributed by atoms with van der Waals surface area (Å²) < 4.78 is 6.55. The normalized spacial score (nSPS) is 21.2. The molecule has 0 radical (unpaired) electrons. The lowest BCUT2D eigenvalue weighted by atomic mass is 9.90. The van der Waals surface area contributed by atoms with Gasteiger partial charge in [0.25, 0.3) is 0 Å². The van der Waals surface area contributed by atoms with E-state index in [2.05, 4.69) is 34.1 Å². The van der Waals surface area contributed by atoms with E-state index >= 15 is 0 Å². The summed E-state index contributed by atoms with van der Waals surface area (Å²) in [5.74, 6) is 0. The number of benzene rings is 1. The molecule has 0 amide bonds. The Hall–Kier alpha value is -0.340. The van der Waals surface area contributed by atoms with Crippen LogP contribution in [0.3, 0.4) is 0 Å². The minimum atomic E-state index is 0.425. The van der Waals surface area contributed by atoms with Gasteiger partial charge in [-0.2, -0.15) is 0 Å². The molecule has 2 heteroatoms. The minimum Gasteiger partial charge on any atom is -0.381 e. The Balaban J connectivity index is 2.26. The van der Waals surface area contributed by atoms with Gasteiger partial charge in [0.2, 0.25) is 0 Å². The topological polar surface area (TPSA) is 9.23 Å². The number of hydrogen-bond donors (Lipinski definition) is 0.